The third-order valence-electron chi connectivity index (χ3n) is 4.55. The average molecular weight is 305 g/mol. The number of aromatic carboxylic acids is 1. The van der Waals surface area contributed by atoms with Crippen LogP contribution in [0.15, 0.2) is 24.3 Å². The molecule has 0 bridgehead atoms. The Morgan fingerprint density at radius 3 is 2.48 bits per heavy atom. The lowest BCUT2D eigenvalue weighted by atomic mass is 9.85. The first-order valence-electron chi connectivity index (χ1n) is 7.32. The van der Waals surface area contributed by atoms with Gasteiger partial charge in [-0.1, -0.05) is 6.92 Å². The number of carboxylic acid groups (broad SMARTS) is 1. The van der Waals surface area contributed by atoms with Gasteiger partial charge in [0.25, 0.3) is 0 Å². The lowest BCUT2D eigenvalue weighted by Gasteiger charge is -2.42. The Hall–Kier alpha value is -1.49. The molecule has 4 nitrogen and oxygen atoms in total. The largest absolute Gasteiger partial charge is 0.478 e. The van der Waals surface area contributed by atoms with Crippen molar-refractivity contribution in [3.63, 3.8) is 0 Å². The van der Waals surface area contributed by atoms with Crippen LogP contribution in [0.5, 0.6) is 0 Å². The van der Waals surface area contributed by atoms with Crippen LogP contribution < -0.4 is 4.90 Å². The number of carboxylic acids is 1. The quantitative estimate of drug-likeness (QED) is 0.910. The second kappa shape index (κ2) is 5.37. The van der Waals surface area contributed by atoms with Gasteiger partial charge in [-0.3, -0.25) is 9.69 Å². The summed E-state index contributed by atoms with van der Waals surface area (Å²) in [7, 11) is 0. The Morgan fingerprint density at radius 2 is 1.90 bits per heavy atom. The molecule has 2 fully saturated rings. The van der Waals surface area contributed by atoms with E-state index < -0.39 is 5.97 Å². The fourth-order valence-corrected chi connectivity index (χ4v) is 4.65. The van der Waals surface area contributed by atoms with Gasteiger partial charge in [0.05, 0.1) is 16.2 Å². The van der Waals surface area contributed by atoms with Gasteiger partial charge in [0.1, 0.15) is 0 Å². The lowest BCUT2D eigenvalue weighted by molar-refractivity contribution is -0.116. The molecule has 0 unspecified atom stereocenters. The smallest absolute Gasteiger partial charge is 0.335 e. The second-order valence-corrected chi connectivity index (χ2v) is 7.34. The van der Waals surface area contributed by atoms with Gasteiger partial charge < -0.3 is 5.11 Å². The molecule has 1 aromatic carbocycles. The first-order valence-corrected chi connectivity index (χ1v) is 8.31. The number of thioether (sulfide) groups is 1. The standard InChI is InChI=1S/C16H19NO3S/c1-11-6-8-16(9-7-11)17(14(18)10-21-16)13-4-2-12(3-5-13)15(19)20/h2-5,11H,6-10H2,1H3,(H,19,20). The Kier molecular flexibility index (Phi) is 3.69. The summed E-state index contributed by atoms with van der Waals surface area (Å²) in [6.07, 6.45) is 4.32. The minimum atomic E-state index is -0.940. The molecule has 1 heterocycles. The van der Waals surface area contributed by atoms with Crippen LogP contribution in [-0.4, -0.2) is 27.6 Å². The van der Waals surface area contributed by atoms with Gasteiger partial charge >= 0.3 is 5.97 Å². The molecule has 0 radical (unpaired) electrons. The maximum Gasteiger partial charge on any atom is 0.335 e. The molecule has 1 amide bonds. The molecule has 0 atom stereocenters. The summed E-state index contributed by atoms with van der Waals surface area (Å²) in [5.41, 5.74) is 1.08. The molecule has 21 heavy (non-hydrogen) atoms. The molecule has 112 valence electrons. The van der Waals surface area contributed by atoms with Crippen molar-refractivity contribution in [3.05, 3.63) is 29.8 Å². The maximum atomic E-state index is 12.3. The zero-order valence-corrected chi connectivity index (χ0v) is 12.9. The number of amides is 1. The minimum Gasteiger partial charge on any atom is -0.478 e. The molecule has 1 aliphatic heterocycles. The van der Waals surface area contributed by atoms with Gasteiger partial charge in [-0.2, -0.15) is 0 Å². The van der Waals surface area contributed by atoms with Crippen LogP contribution in [0, 0.1) is 5.92 Å². The van der Waals surface area contributed by atoms with E-state index >= 15 is 0 Å². The summed E-state index contributed by atoms with van der Waals surface area (Å²) in [6, 6.07) is 6.67. The number of benzene rings is 1. The fourth-order valence-electron chi connectivity index (χ4n) is 3.27. The number of hydrogen-bond donors (Lipinski definition) is 1. The third kappa shape index (κ3) is 2.55. The number of nitrogens with zero attached hydrogens (tertiary/aromatic N) is 1. The molecule has 1 saturated carbocycles. The summed E-state index contributed by atoms with van der Waals surface area (Å²) in [4.78, 5) is 25.1. The van der Waals surface area contributed by atoms with E-state index in [4.69, 9.17) is 5.11 Å². The highest BCUT2D eigenvalue weighted by atomic mass is 32.2. The van der Waals surface area contributed by atoms with Crippen LogP contribution in [0.2, 0.25) is 0 Å². The van der Waals surface area contributed by atoms with Crippen molar-refractivity contribution in [1.82, 2.24) is 0 Å². The van der Waals surface area contributed by atoms with E-state index in [9.17, 15) is 9.59 Å². The fraction of sp³-hybridized carbons (Fsp3) is 0.500. The summed E-state index contributed by atoms with van der Waals surface area (Å²) in [6.45, 7) is 2.26. The van der Waals surface area contributed by atoms with Crippen LogP contribution in [-0.2, 0) is 4.79 Å². The Balaban J connectivity index is 1.90. The summed E-state index contributed by atoms with van der Waals surface area (Å²) < 4.78 is 0. The Morgan fingerprint density at radius 1 is 1.29 bits per heavy atom. The van der Waals surface area contributed by atoms with E-state index in [0.717, 1.165) is 37.3 Å². The average Bonchev–Trinajstić information content (AvgIpc) is 2.79. The molecule has 1 saturated heterocycles. The highest BCUT2D eigenvalue weighted by molar-refractivity contribution is 8.02. The van der Waals surface area contributed by atoms with E-state index in [0.29, 0.717) is 5.75 Å². The SMILES string of the molecule is CC1CCC2(CC1)SCC(=O)N2c1ccc(C(=O)O)cc1. The van der Waals surface area contributed by atoms with E-state index in [-0.39, 0.29) is 16.3 Å². The molecule has 2 aliphatic rings. The number of carbonyl (C=O) groups is 2. The Labute approximate surface area is 128 Å². The highest BCUT2D eigenvalue weighted by Crippen LogP contribution is 2.50. The summed E-state index contributed by atoms with van der Waals surface area (Å²) >= 11 is 1.75. The van der Waals surface area contributed by atoms with Crippen LogP contribution in [0.3, 0.4) is 0 Å². The van der Waals surface area contributed by atoms with Crippen molar-refractivity contribution in [1.29, 1.82) is 0 Å². The number of hydrogen-bond acceptors (Lipinski definition) is 3. The molecule has 1 aliphatic carbocycles. The predicted octanol–water partition coefficient (Wildman–Crippen LogP) is 3.37. The second-order valence-electron chi connectivity index (χ2n) is 6.00. The molecule has 1 aromatic rings. The molecule has 1 spiro atoms. The highest BCUT2D eigenvalue weighted by Gasteiger charge is 2.48. The van der Waals surface area contributed by atoms with E-state index in [1.165, 1.54) is 0 Å². The van der Waals surface area contributed by atoms with Gasteiger partial charge in [0, 0.05) is 5.69 Å². The van der Waals surface area contributed by atoms with Gasteiger partial charge in [0.2, 0.25) is 5.91 Å². The monoisotopic (exact) mass is 305 g/mol. The van der Waals surface area contributed by atoms with Crippen molar-refractivity contribution < 1.29 is 14.7 Å². The van der Waals surface area contributed by atoms with Crippen LogP contribution >= 0.6 is 11.8 Å². The van der Waals surface area contributed by atoms with E-state index in [1.54, 1.807) is 36.0 Å². The zero-order chi connectivity index (χ0) is 15.0. The van der Waals surface area contributed by atoms with Crippen molar-refractivity contribution >= 4 is 29.3 Å². The zero-order valence-electron chi connectivity index (χ0n) is 12.0. The maximum absolute atomic E-state index is 12.3. The van der Waals surface area contributed by atoms with E-state index in [2.05, 4.69) is 6.92 Å². The Bertz CT molecular complexity index is 561. The molecule has 1 N–H and O–H groups in total. The van der Waals surface area contributed by atoms with Gasteiger partial charge in [0.15, 0.2) is 0 Å². The number of rotatable bonds is 2. The van der Waals surface area contributed by atoms with Crippen molar-refractivity contribution in [2.24, 2.45) is 5.92 Å². The molecule has 0 aromatic heterocycles. The van der Waals surface area contributed by atoms with Gasteiger partial charge in [-0.25, -0.2) is 4.79 Å². The van der Waals surface area contributed by atoms with Crippen LogP contribution in [0.25, 0.3) is 0 Å². The number of anilines is 1. The van der Waals surface area contributed by atoms with Crippen molar-refractivity contribution in [3.8, 4) is 0 Å². The lowest BCUT2D eigenvalue weighted by Crippen LogP contribution is -2.46. The summed E-state index contributed by atoms with van der Waals surface area (Å²) in [5.74, 6) is 0.445. The third-order valence-corrected chi connectivity index (χ3v) is 6.07. The van der Waals surface area contributed by atoms with Gasteiger partial charge in [-0.05, 0) is 55.9 Å². The molecular weight excluding hydrogens is 286 g/mol. The van der Waals surface area contributed by atoms with Crippen LogP contribution in [0.4, 0.5) is 5.69 Å². The molecular formula is C16H19NO3S. The van der Waals surface area contributed by atoms with Crippen molar-refractivity contribution in [2.75, 3.05) is 10.7 Å². The first-order chi connectivity index (χ1) is 10.0. The predicted molar refractivity (Wildman–Crippen MR) is 83.7 cm³/mol. The van der Waals surface area contributed by atoms with Crippen molar-refractivity contribution in [2.45, 2.75) is 37.5 Å². The van der Waals surface area contributed by atoms with Crippen LogP contribution in [0.1, 0.15) is 43.0 Å². The molecule has 5 heteroatoms. The molecule has 3 rings (SSSR count). The van der Waals surface area contributed by atoms with Gasteiger partial charge in [-0.15, -0.1) is 11.8 Å². The first kappa shape index (κ1) is 14.4. The van der Waals surface area contributed by atoms with E-state index in [1.807, 2.05) is 4.90 Å². The number of carbonyl (C=O) groups excluding carboxylic acids is 1. The normalized spacial score (nSPS) is 29.1. The minimum absolute atomic E-state index is 0.117. The topological polar surface area (TPSA) is 57.6 Å². The summed E-state index contributed by atoms with van der Waals surface area (Å²) in [5, 5.41) is 8.98.